The smallest absolute Gasteiger partial charge is 0.250 e. The summed E-state index contributed by atoms with van der Waals surface area (Å²) in [5.41, 5.74) is 12.8. The van der Waals surface area contributed by atoms with Gasteiger partial charge in [0.15, 0.2) is 0 Å². The third kappa shape index (κ3) is 3.09. The van der Waals surface area contributed by atoms with E-state index in [1.54, 1.807) is 13.1 Å². The van der Waals surface area contributed by atoms with Crippen molar-refractivity contribution in [2.24, 2.45) is 7.05 Å². The fraction of sp³-hybridized carbons (Fsp3) is 0.0833. The monoisotopic (exact) mass is 423 g/mol. The maximum Gasteiger partial charge on any atom is 0.250 e. The van der Waals surface area contributed by atoms with E-state index in [4.69, 9.17) is 5.73 Å². The van der Waals surface area contributed by atoms with E-state index >= 15 is 0 Å². The molecular weight excluding hydrogens is 402 g/mol. The van der Waals surface area contributed by atoms with Gasteiger partial charge < -0.3 is 20.0 Å². The number of pyridine rings is 1. The molecule has 5 rings (SSSR count). The number of imidazole rings is 1. The Morgan fingerprint density at radius 2 is 1.84 bits per heavy atom. The number of aromatic nitrogens is 5. The number of carbonyl (C=O) groups excluding carboxylic acids is 1. The predicted octanol–water partition coefficient (Wildman–Crippen LogP) is 4.05. The Labute approximate surface area is 184 Å². The minimum Gasteiger partial charge on any atom is -0.383 e. The molecule has 4 aromatic heterocycles. The van der Waals surface area contributed by atoms with Gasteiger partial charge in [-0.05, 0) is 42.3 Å². The summed E-state index contributed by atoms with van der Waals surface area (Å²) < 4.78 is 3.97. The second-order valence-electron chi connectivity index (χ2n) is 7.66. The van der Waals surface area contributed by atoms with Gasteiger partial charge in [-0.15, -0.1) is 0 Å². The Kier molecular flexibility index (Phi) is 4.48. The molecule has 4 heterocycles. The van der Waals surface area contributed by atoms with Crippen LogP contribution in [0.25, 0.3) is 39.1 Å². The van der Waals surface area contributed by atoms with Crippen molar-refractivity contribution in [1.29, 1.82) is 0 Å². The second kappa shape index (κ2) is 7.35. The summed E-state index contributed by atoms with van der Waals surface area (Å²) in [7, 11) is 1.96. The SMILES string of the molecule is C=C(C)C(=O)Nc1ccc(-c2c(-c3ccn4ccnc4c3)c3c(N)ncnc3n2C)cc1. The van der Waals surface area contributed by atoms with Gasteiger partial charge in [0.05, 0.1) is 11.1 Å². The van der Waals surface area contributed by atoms with Gasteiger partial charge in [0.1, 0.15) is 23.4 Å². The number of aryl methyl sites for hydroxylation is 1. The molecule has 0 saturated heterocycles. The van der Waals surface area contributed by atoms with E-state index in [-0.39, 0.29) is 5.91 Å². The average Bonchev–Trinajstić information content (AvgIpc) is 3.37. The minimum absolute atomic E-state index is 0.209. The average molecular weight is 423 g/mol. The van der Waals surface area contributed by atoms with Gasteiger partial charge in [-0.3, -0.25) is 4.79 Å². The molecule has 3 N–H and O–H groups in total. The van der Waals surface area contributed by atoms with Crippen molar-refractivity contribution in [2.45, 2.75) is 6.92 Å². The summed E-state index contributed by atoms with van der Waals surface area (Å²) in [6.45, 7) is 5.35. The summed E-state index contributed by atoms with van der Waals surface area (Å²) >= 11 is 0. The lowest BCUT2D eigenvalue weighted by Crippen LogP contribution is -2.11. The number of benzene rings is 1. The number of nitrogen functional groups attached to an aromatic ring is 1. The maximum absolute atomic E-state index is 11.9. The van der Waals surface area contributed by atoms with E-state index in [0.717, 1.165) is 39.1 Å². The van der Waals surface area contributed by atoms with E-state index in [2.05, 4.69) is 26.8 Å². The lowest BCUT2D eigenvalue weighted by molar-refractivity contribution is -0.112. The number of nitrogens with two attached hydrogens (primary N) is 1. The van der Waals surface area contributed by atoms with Gasteiger partial charge in [0.2, 0.25) is 0 Å². The van der Waals surface area contributed by atoms with Gasteiger partial charge in [0, 0.05) is 42.5 Å². The summed E-state index contributed by atoms with van der Waals surface area (Å²) in [5, 5.41) is 3.63. The second-order valence-corrected chi connectivity index (χ2v) is 7.66. The van der Waals surface area contributed by atoms with Gasteiger partial charge in [-0.25, -0.2) is 15.0 Å². The molecule has 0 spiro atoms. The van der Waals surface area contributed by atoms with Crippen LogP contribution in [-0.4, -0.2) is 29.8 Å². The number of hydrogen-bond donors (Lipinski definition) is 2. The van der Waals surface area contributed by atoms with E-state index in [9.17, 15) is 4.79 Å². The molecule has 0 aliphatic heterocycles. The van der Waals surface area contributed by atoms with Crippen LogP contribution in [0.5, 0.6) is 0 Å². The van der Waals surface area contributed by atoms with Crippen LogP contribution in [-0.2, 0) is 11.8 Å². The van der Waals surface area contributed by atoms with Crippen molar-refractivity contribution in [2.75, 3.05) is 11.1 Å². The fourth-order valence-corrected chi connectivity index (χ4v) is 3.91. The molecule has 0 radical (unpaired) electrons. The summed E-state index contributed by atoms with van der Waals surface area (Å²) in [6, 6.07) is 11.7. The highest BCUT2D eigenvalue weighted by atomic mass is 16.1. The van der Waals surface area contributed by atoms with Crippen molar-refractivity contribution in [3.8, 4) is 22.4 Å². The molecule has 0 saturated carbocycles. The molecule has 8 heteroatoms. The van der Waals surface area contributed by atoms with Crippen LogP contribution < -0.4 is 11.1 Å². The molecule has 0 fully saturated rings. The first kappa shape index (κ1) is 19.5. The lowest BCUT2D eigenvalue weighted by atomic mass is 9.99. The van der Waals surface area contributed by atoms with E-state index in [1.807, 2.05) is 64.8 Å². The number of hydrogen-bond acceptors (Lipinski definition) is 5. The summed E-state index contributed by atoms with van der Waals surface area (Å²) in [4.78, 5) is 25.1. The molecule has 0 aliphatic rings. The predicted molar refractivity (Wildman–Crippen MR) is 126 cm³/mol. The minimum atomic E-state index is -0.209. The van der Waals surface area contributed by atoms with E-state index < -0.39 is 0 Å². The number of nitrogens with one attached hydrogen (secondary N) is 1. The first-order valence-corrected chi connectivity index (χ1v) is 10.0. The standard InChI is InChI=1S/C24H21N7O/c1-14(2)24(32)29-17-6-4-15(5-7-17)21-19(16-8-10-31-11-9-26-18(31)12-16)20-22(25)27-13-28-23(20)30(21)3/h4-13H,1H2,2-3H3,(H,29,32)(H2,25,27,28). The zero-order valence-corrected chi connectivity index (χ0v) is 17.7. The van der Waals surface area contributed by atoms with Gasteiger partial charge in [-0.1, -0.05) is 18.7 Å². The number of anilines is 2. The summed E-state index contributed by atoms with van der Waals surface area (Å²) in [5.74, 6) is 0.208. The first-order chi connectivity index (χ1) is 15.4. The zero-order chi connectivity index (χ0) is 22.4. The highest BCUT2D eigenvalue weighted by molar-refractivity contribution is 6.08. The van der Waals surface area contributed by atoms with Gasteiger partial charge in [-0.2, -0.15) is 0 Å². The number of rotatable bonds is 4. The van der Waals surface area contributed by atoms with Crippen LogP contribution in [0, 0.1) is 0 Å². The van der Waals surface area contributed by atoms with E-state index in [1.165, 1.54) is 6.33 Å². The van der Waals surface area contributed by atoms with Crippen LogP contribution in [0.4, 0.5) is 11.5 Å². The fourth-order valence-electron chi connectivity index (χ4n) is 3.91. The zero-order valence-electron chi connectivity index (χ0n) is 17.7. The first-order valence-electron chi connectivity index (χ1n) is 10.0. The molecule has 32 heavy (non-hydrogen) atoms. The molecule has 0 unspecified atom stereocenters. The number of amides is 1. The number of fused-ring (bicyclic) bond motifs is 2. The summed E-state index contributed by atoms with van der Waals surface area (Å²) in [6.07, 6.45) is 7.10. The maximum atomic E-state index is 11.9. The Balaban J connectivity index is 1.72. The van der Waals surface area contributed by atoms with Gasteiger partial charge >= 0.3 is 0 Å². The Hall–Kier alpha value is -4.46. The molecule has 1 amide bonds. The Bertz CT molecular complexity index is 1510. The lowest BCUT2D eigenvalue weighted by Gasteiger charge is -2.11. The van der Waals surface area contributed by atoms with Crippen molar-refractivity contribution in [3.63, 3.8) is 0 Å². The number of nitrogens with zero attached hydrogens (tertiary/aromatic N) is 5. The molecule has 0 atom stereocenters. The highest BCUT2D eigenvalue weighted by Gasteiger charge is 2.22. The van der Waals surface area contributed by atoms with Crippen molar-refractivity contribution in [3.05, 3.63) is 73.5 Å². The Morgan fingerprint density at radius 3 is 2.59 bits per heavy atom. The van der Waals surface area contributed by atoms with Crippen molar-refractivity contribution < 1.29 is 4.79 Å². The molecular formula is C24H21N7O. The molecule has 158 valence electrons. The normalized spacial score (nSPS) is 11.2. The molecule has 0 aliphatic carbocycles. The van der Waals surface area contributed by atoms with Crippen molar-refractivity contribution in [1.82, 2.24) is 23.9 Å². The Morgan fingerprint density at radius 1 is 1.06 bits per heavy atom. The number of carbonyl (C=O) groups is 1. The molecule has 1 aromatic carbocycles. The van der Waals surface area contributed by atoms with Crippen molar-refractivity contribution >= 4 is 34.1 Å². The van der Waals surface area contributed by atoms with Crippen LogP contribution in [0.15, 0.2) is 73.5 Å². The van der Waals surface area contributed by atoms with Crippen LogP contribution in [0.3, 0.4) is 0 Å². The third-order valence-electron chi connectivity index (χ3n) is 5.49. The topological polar surface area (TPSA) is 103 Å². The largest absolute Gasteiger partial charge is 0.383 e. The third-order valence-corrected chi connectivity index (χ3v) is 5.49. The molecule has 8 nitrogen and oxygen atoms in total. The van der Waals surface area contributed by atoms with Crippen LogP contribution in [0.2, 0.25) is 0 Å². The van der Waals surface area contributed by atoms with Crippen LogP contribution in [0.1, 0.15) is 6.92 Å². The van der Waals surface area contributed by atoms with E-state index in [0.29, 0.717) is 17.1 Å². The molecule has 0 bridgehead atoms. The van der Waals surface area contributed by atoms with Crippen LogP contribution >= 0.6 is 0 Å². The molecule has 5 aromatic rings. The highest BCUT2D eigenvalue weighted by Crippen LogP contribution is 2.41. The van der Waals surface area contributed by atoms with Gasteiger partial charge in [0.25, 0.3) is 5.91 Å². The quantitative estimate of drug-likeness (QED) is 0.425.